The molecule has 5 heteroatoms. The van der Waals surface area contributed by atoms with E-state index in [1.807, 2.05) is 4.90 Å². The molecule has 0 bridgehead atoms. The summed E-state index contributed by atoms with van der Waals surface area (Å²) in [6.45, 7) is 0.780. The summed E-state index contributed by atoms with van der Waals surface area (Å²) in [6.07, 6.45) is 3.23. The van der Waals surface area contributed by atoms with Crippen LogP contribution in [-0.2, 0) is 0 Å². The zero-order valence-electron chi connectivity index (χ0n) is 10.9. The lowest BCUT2D eigenvalue weighted by Crippen LogP contribution is -2.44. The molecular formula is C14H18BrNO3. The third-order valence-corrected chi connectivity index (χ3v) is 4.24. The van der Waals surface area contributed by atoms with Gasteiger partial charge in [-0.2, -0.15) is 0 Å². The minimum absolute atomic E-state index is 0.000696. The summed E-state index contributed by atoms with van der Waals surface area (Å²) in [6, 6.07) is 5.03. The predicted molar refractivity (Wildman–Crippen MR) is 77.1 cm³/mol. The van der Waals surface area contributed by atoms with Crippen molar-refractivity contribution in [2.45, 2.75) is 25.3 Å². The molecule has 1 amide bonds. The summed E-state index contributed by atoms with van der Waals surface area (Å²) in [5.74, 6) is 0.357. The Bertz CT molecular complexity index is 464. The molecule has 1 aromatic carbocycles. The third-order valence-electron chi connectivity index (χ3n) is 3.49. The Labute approximate surface area is 121 Å². The largest absolute Gasteiger partial charge is 0.504 e. The molecule has 0 aromatic heterocycles. The zero-order chi connectivity index (χ0) is 13.8. The van der Waals surface area contributed by atoms with Gasteiger partial charge in [-0.3, -0.25) is 4.79 Å². The van der Waals surface area contributed by atoms with Gasteiger partial charge in [0, 0.05) is 23.5 Å². The molecule has 0 saturated carbocycles. The van der Waals surface area contributed by atoms with Crippen LogP contribution >= 0.6 is 15.9 Å². The summed E-state index contributed by atoms with van der Waals surface area (Å²) >= 11 is 3.47. The number of nitrogens with zero attached hydrogens (tertiary/aromatic N) is 1. The summed E-state index contributed by atoms with van der Waals surface area (Å²) in [7, 11) is 1.49. The molecular weight excluding hydrogens is 310 g/mol. The molecule has 1 aromatic rings. The van der Waals surface area contributed by atoms with Crippen LogP contribution in [0, 0.1) is 0 Å². The first-order chi connectivity index (χ1) is 9.17. The van der Waals surface area contributed by atoms with Gasteiger partial charge in [-0.1, -0.05) is 15.9 Å². The highest BCUT2D eigenvalue weighted by molar-refractivity contribution is 9.09. The van der Waals surface area contributed by atoms with Crippen molar-refractivity contribution >= 4 is 21.8 Å². The number of amides is 1. The quantitative estimate of drug-likeness (QED) is 0.868. The van der Waals surface area contributed by atoms with Crippen molar-refractivity contribution in [2.75, 3.05) is 19.0 Å². The molecule has 4 nitrogen and oxygen atoms in total. The van der Waals surface area contributed by atoms with Crippen molar-refractivity contribution in [3.8, 4) is 11.5 Å². The van der Waals surface area contributed by atoms with Gasteiger partial charge in [-0.25, -0.2) is 0 Å². The van der Waals surface area contributed by atoms with Gasteiger partial charge in [0.05, 0.1) is 7.11 Å². The SMILES string of the molecule is COc1ccc(C(=O)N2CCCCC2CBr)cc1O. The topological polar surface area (TPSA) is 49.8 Å². The van der Waals surface area contributed by atoms with Gasteiger partial charge in [-0.15, -0.1) is 0 Å². The third kappa shape index (κ3) is 3.03. The standard InChI is InChI=1S/C14H18BrNO3/c1-19-13-6-5-10(8-12(13)17)14(18)16-7-3-2-4-11(16)9-15/h5-6,8,11,17H,2-4,7,9H2,1H3. The number of alkyl halides is 1. The molecule has 1 saturated heterocycles. The summed E-state index contributed by atoms with van der Waals surface area (Å²) < 4.78 is 4.99. The van der Waals surface area contributed by atoms with Crippen molar-refractivity contribution < 1.29 is 14.6 Å². The van der Waals surface area contributed by atoms with Gasteiger partial charge >= 0.3 is 0 Å². The van der Waals surface area contributed by atoms with Crippen LogP contribution in [0.1, 0.15) is 29.6 Å². The normalized spacial score (nSPS) is 19.3. The van der Waals surface area contributed by atoms with Crippen LogP contribution in [0.3, 0.4) is 0 Å². The second kappa shape index (κ2) is 6.28. The van der Waals surface area contributed by atoms with Crippen molar-refractivity contribution in [3.63, 3.8) is 0 Å². The molecule has 1 heterocycles. The first-order valence-corrected chi connectivity index (χ1v) is 7.53. The Kier molecular flexibility index (Phi) is 4.69. The highest BCUT2D eigenvalue weighted by Gasteiger charge is 2.27. The molecule has 19 heavy (non-hydrogen) atoms. The van der Waals surface area contributed by atoms with Crippen LogP contribution in [0.4, 0.5) is 0 Å². The Morgan fingerprint density at radius 2 is 2.32 bits per heavy atom. The van der Waals surface area contributed by atoms with E-state index in [-0.39, 0.29) is 17.7 Å². The second-order valence-electron chi connectivity index (χ2n) is 4.69. The second-order valence-corrected chi connectivity index (χ2v) is 5.34. The Balaban J connectivity index is 2.20. The smallest absolute Gasteiger partial charge is 0.254 e. The number of ether oxygens (including phenoxy) is 1. The molecule has 1 aliphatic rings. The molecule has 2 rings (SSSR count). The summed E-state index contributed by atoms with van der Waals surface area (Å²) in [4.78, 5) is 14.4. The van der Waals surface area contributed by atoms with Gasteiger partial charge in [0.2, 0.25) is 0 Å². The van der Waals surface area contributed by atoms with Gasteiger partial charge in [0.1, 0.15) is 0 Å². The van der Waals surface area contributed by atoms with Crippen LogP contribution in [0.25, 0.3) is 0 Å². The number of halogens is 1. The molecule has 1 atom stereocenters. The van der Waals surface area contributed by atoms with E-state index in [2.05, 4.69) is 15.9 Å². The van der Waals surface area contributed by atoms with E-state index in [4.69, 9.17) is 4.74 Å². The number of piperidine rings is 1. The van der Waals surface area contributed by atoms with E-state index in [0.717, 1.165) is 31.1 Å². The van der Waals surface area contributed by atoms with Gasteiger partial charge in [-0.05, 0) is 37.5 Å². The molecule has 0 spiro atoms. The maximum absolute atomic E-state index is 12.5. The van der Waals surface area contributed by atoms with Gasteiger partial charge in [0.25, 0.3) is 5.91 Å². The van der Waals surface area contributed by atoms with E-state index < -0.39 is 0 Å². The number of hydrogen-bond donors (Lipinski definition) is 1. The van der Waals surface area contributed by atoms with Crippen LogP contribution in [0.2, 0.25) is 0 Å². The molecule has 1 N–H and O–H groups in total. The molecule has 1 unspecified atom stereocenters. The molecule has 104 valence electrons. The number of phenols is 1. The van der Waals surface area contributed by atoms with Crippen LogP contribution in [0.5, 0.6) is 11.5 Å². The number of benzene rings is 1. The fourth-order valence-electron chi connectivity index (χ4n) is 2.42. The lowest BCUT2D eigenvalue weighted by atomic mass is 10.0. The number of carbonyl (C=O) groups excluding carboxylic acids is 1. The molecule has 1 fully saturated rings. The minimum atomic E-state index is -0.0258. The van der Waals surface area contributed by atoms with Crippen molar-refractivity contribution in [3.05, 3.63) is 23.8 Å². The number of methoxy groups -OCH3 is 1. The Morgan fingerprint density at radius 3 is 2.95 bits per heavy atom. The number of hydrogen-bond acceptors (Lipinski definition) is 3. The lowest BCUT2D eigenvalue weighted by Gasteiger charge is -2.34. The van der Waals surface area contributed by atoms with E-state index in [1.165, 1.54) is 13.2 Å². The first kappa shape index (κ1) is 14.2. The highest BCUT2D eigenvalue weighted by Crippen LogP contribution is 2.28. The first-order valence-electron chi connectivity index (χ1n) is 6.41. The maximum atomic E-state index is 12.5. The van der Waals surface area contributed by atoms with E-state index in [9.17, 15) is 9.90 Å². The Hall–Kier alpha value is -1.23. The number of phenolic OH excluding ortho intramolecular Hbond substituents is 1. The predicted octanol–water partition coefficient (Wildman–Crippen LogP) is 2.79. The van der Waals surface area contributed by atoms with Gasteiger partial charge < -0.3 is 14.7 Å². The van der Waals surface area contributed by atoms with Crippen LogP contribution in [-0.4, -0.2) is 40.9 Å². The van der Waals surface area contributed by atoms with E-state index in [0.29, 0.717) is 11.3 Å². The highest BCUT2D eigenvalue weighted by atomic mass is 79.9. The minimum Gasteiger partial charge on any atom is -0.504 e. The van der Waals surface area contributed by atoms with Crippen molar-refractivity contribution in [2.24, 2.45) is 0 Å². The molecule has 0 radical (unpaired) electrons. The van der Waals surface area contributed by atoms with E-state index >= 15 is 0 Å². The molecule has 0 aliphatic carbocycles. The number of carbonyl (C=O) groups is 1. The lowest BCUT2D eigenvalue weighted by molar-refractivity contribution is 0.0641. The average Bonchev–Trinajstić information content (AvgIpc) is 2.46. The van der Waals surface area contributed by atoms with Crippen LogP contribution in [0.15, 0.2) is 18.2 Å². The summed E-state index contributed by atoms with van der Waals surface area (Å²) in [5, 5.41) is 10.5. The molecule has 1 aliphatic heterocycles. The van der Waals surface area contributed by atoms with E-state index in [1.54, 1.807) is 12.1 Å². The fraction of sp³-hybridized carbons (Fsp3) is 0.500. The average molecular weight is 328 g/mol. The van der Waals surface area contributed by atoms with Crippen molar-refractivity contribution in [1.82, 2.24) is 4.90 Å². The fourth-order valence-corrected chi connectivity index (χ4v) is 3.09. The Morgan fingerprint density at radius 1 is 1.53 bits per heavy atom. The van der Waals surface area contributed by atoms with Crippen LogP contribution < -0.4 is 4.74 Å². The number of aromatic hydroxyl groups is 1. The monoisotopic (exact) mass is 327 g/mol. The number of likely N-dealkylation sites (tertiary alicyclic amines) is 1. The number of rotatable bonds is 3. The zero-order valence-corrected chi connectivity index (χ0v) is 12.5. The van der Waals surface area contributed by atoms with Gasteiger partial charge in [0.15, 0.2) is 11.5 Å². The van der Waals surface area contributed by atoms with Crippen molar-refractivity contribution in [1.29, 1.82) is 0 Å². The summed E-state index contributed by atoms with van der Waals surface area (Å²) in [5.41, 5.74) is 0.506. The maximum Gasteiger partial charge on any atom is 0.254 e.